The van der Waals surface area contributed by atoms with Crippen molar-refractivity contribution in [1.82, 2.24) is 4.98 Å². The molecule has 0 atom stereocenters. The lowest BCUT2D eigenvalue weighted by Crippen LogP contribution is -2.06. The Morgan fingerprint density at radius 3 is 2.59 bits per heavy atom. The van der Waals surface area contributed by atoms with Crippen LogP contribution in [-0.2, 0) is 4.74 Å². The maximum Gasteiger partial charge on any atom is 0.339 e. The van der Waals surface area contributed by atoms with Crippen LogP contribution in [0.5, 0.6) is 0 Å². The van der Waals surface area contributed by atoms with Gasteiger partial charge < -0.3 is 9.72 Å². The molecule has 0 aliphatic heterocycles. The minimum Gasteiger partial charge on any atom is -0.465 e. The zero-order valence-electron chi connectivity index (χ0n) is 11.7. The van der Waals surface area contributed by atoms with Gasteiger partial charge in [0.15, 0.2) is 0 Å². The van der Waals surface area contributed by atoms with Crippen LogP contribution < -0.4 is 0 Å². The van der Waals surface area contributed by atoms with Gasteiger partial charge >= 0.3 is 5.97 Å². The number of rotatable bonds is 2. The highest BCUT2D eigenvalue weighted by Crippen LogP contribution is 2.31. The molecule has 1 aromatic heterocycles. The van der Waals surface area contributed by atoms with Crippen molar-refractivity contribution in [1.29, 1.82) is 0 Å². The van der Waals surface area contributed by atoms with Crippen molar-refractivity contribution in [2.45, 2.75) is 0 Å². The predicted molar refractivity (Wildman–Crippen MR) is 85.9 cm³/mol. The minimum absolute atomic E-state index is 0.270. The third-order valence-electron chi connectivity index (χ3n) is 3.43. The predicted octanol–water partition coefficient (Wildman–Crippen LogP) is 4.49. The maximum atomic E-state index is 13.6. The van der Waals surface area contributed by atoms with Crippen molar-refractivity contribution in [3.8, 4) is 11.1 Å². The van der Waals surface area contributed by atoms with E-state index >= 15 is 0 Å². The Balaban J connectivity index is 2.48. The van der Waals surface area contributed by atoms with Crippen LogP contribution in [0.2, 0.25) is 0 Å². The highest BCUT2D eigenvalue weighted by Gasteiger charge is 2.19. The molecule has 2 aromatic carbocycles. The molecule has 0 saturated heterocycles. The quantitative estimate of drug-likeness (QED) is 0.560. The number of esters is 1. The number of aromatic amines is 1. The first-order valence-corrected chi connectivity index (χ1v) is 7.02. The van der Waals surface area contributed by atoms with Gasteiger partial charge in [-0.2, -0.15) is 0 Å². The van der Waals surface area contributed by atoms with E-state index in [1.807, 2.05) is 30.3 Å². The van der Waals surface area contributed by atoms with E-state index in [0.29, 0.717) is 21.1 Å². The first-order valence-electron chi connectivity index (χ1n) is 6.61. The van der Waals surface area contributed by atoms with Crippen molar-refractivity contribution < 1.29 is 13.9 Å². The Hall–Kier alpha value is -2.53. The van der Waals surface area contributed by atoms with E-state index in [9.17, 15) is 9.18 Å². The molecule has 1 N–H and O–H groups in total. The molecule has 0 saturated carbocycles. The number of fused-ring (bicyclic) bond motifs is 1. The maximum absolute atomic E-state index is 13.6. The number of ether oxygens (including phenoxy) is 1. The highest BCUT2D eigenvalue weighted by molar-refractivity contribution is 7.71. The van der Waals surface area contributed by atoms with Gasteiger partial charge in [-0.25, -0.2) is 9.18 Å². The number of hydrogen-bond acceptors (Lipinski definition) is 3. The van der Waals surface area contributed by atoms with Gasteiger partial charge in [0.1, 0.15) is 10.5 Å². The van der Waals surface area contributed by atoms with Gasteiger partial charge in [0.2, 0.25) is 0 Å². The molecule has 0 fully saturated rings. The molecule has 3 aromatic rings. The summed E-state index contributed by atoms with van der Waals surface area (Å²) in [5, 5.41) is 0.444. The zero-order chi connectivity index (χ0) is 15.7. The smallest absolute Gasteiger partial charge is 0.339 e. The fraction of sp³-hybridized carbons (Fsp3) is 0.0588. The number of hydrogen-bond donors (Lipinski definition) is 1. The number of aromatic nitrogens is 1. The largest absolute Gasteiger partial charge is 0.465 e. The van der Waals surface area contributed by atoms with Gasteiger partial charge in [0, 0.05) is 16.5 Å². The van der Waals surface area contributed by atoms with Crippen LogP contribution in [0.3, 0.4) is 0 Å². The van der Waals surface area contributed by atoms with Gasteiger partial charge in [0.05, 0.1) is 12.7 Å². The van der Waals surface area contributed by atoms with E-state index in [1.165, 1.54) is 19.2 Å². The van der Waals surface area contributed by atoms with Crippen LogP contribution in [0.1, 0.15) is 10.4 Å². The lowest BCUT2D eigenvalue weighted by molar-refractivity contribution is 0.0603. The molecule has 0 amide bonds. The number of H-pyrrole nitrogens is 1. The highest BCUT2D eigenvalue weighted by atomic mass is 32.1. The normalized spacial score (nSPS) is 10.6. The number of benzene rings is 2. The monoisotopic (exact) mass is 313 g/mol. The second-order valence-electron chi connectivity index (χ2n) is 4.75. The van der Waals surface area contributed by atoms with Crippen LogP contribution in [0, 0.1) is 10.5 Å². The summed E-state index contributed by atoms with van der Waals surface area (Å²) in [4.78, 5) is 15.3. The number of methoxy groups -OCH3 is 1. The first-order chi connectivity index (χ1) is 10.6. The average Bonchev–Trinajstić information content (AvgIpc) is 2.54. The molecule has 0 radical (unpaired) electrons. The van der Waals surface area contributed by atoms with E-state index in [1.54, 1.807) is 6.07 Å². The molecular formula is C17H12FNO2S. The van der Waals surface area contributed by atoms with Gasteiger partial charge in [0.25, 0.3) is 0 Å². The van der Waals surface area contributed by atoms with Crippen molar-refractivity contribution in [3.63, 3.8) is 0 Å². The molecule has 0 aliphatic rings. The lowest BCUT2D eigenvalue weighted by Gasteiger charge is -2.12. The molecule has 0 spiro atoms. The second kappa shape index (κ2) is 5.69. The minimum atomic E-state index is -0.547. The third kappa shape index (κ3) is 2.40. The summed E-state index contributed by atoms with van der Waals surface area (Å²) in [5.41, 5.74) is 2.18. The lowest BCUT2D eigenvalue weighted by atomic mass is 9.98. The molecule has 22 heavy (non-hydrogen) atoms. The van der Waals surface area contributed by atoms with Crippen LogP contribution in [0.4, 0.5) is 4.39 Å². The molecular weight excluding hydrogens is 301 g/mol. The summed E-state index contributed by atoms with van der Waals surface area (Å²) in [6.07, 6.45) is 0. The molecule has 3 nitrogen and oxygen atoms in total. The standard InChI is InChI=1S/C17H12FNO2S/c1-21-17(20)15-12-9-11(18)7-8-13(12)19-16(22)14(15)10-5-3-2-4-6-10/h2-9H,1H3,(H,19,22). The summed E-state index contributed by atoms with van der Waals surface area (Å²) in [5.74, 6) is -0.975. The number of halogens is 1. The van der Waals surface area contributed by atoms with E-state index in [0.717, 1.165) is 5.56 Å². The Kier molecular flexibility index (Phi) is 3.73. The molecule has 0 bridgehead atoms. The Labute approximate surface area is 131 Å². The van der Waals surface area contributed by atoms with Crippen molar-refractivity contribution >= 4 is 29.1 Å². The van der Waals surface area contributed by atoms with Gasteiger partial charge in [-0.05, 0) is 23.8 Å². The zero-order valence-corrected chi connectivity index (χ0v) is 12.5. The van der Waals surface area contributed by atoms with Crippen molar-refractivity contribution in [2.24, 2.45) is 0 Å². The van der Waals surface area contributed by atoms with E-state index in [-0.39, 0.29) is 5.56 Å². The van der Waals surface area contributed by atoms with E-state index < -0.39 is 11.8 Å². The summed E-state index contributed by atoms with van der Waals surface area (Å²) in [6, 6.07) is 13.4. The first kappa shape index (κ1) is 14.4. The fourth-order valence-corrected chi connectivity index (χ4v) is 2.79. The topological polar surface area (TPSA) is 42.1 Å². The third-order valence-corrected chi connectivity index (χ3v) is 3.73. The molecule has 1 heterocycles. The summed E-state index contributed by atoms with van der Waals surface area (Å²) < 4.78 is 18.9. The van der Waals surface area contributed by atoms with Crippen LogP contribution >= 0.6 is 12.2 Å². The Morgan fingerprint density at radius 2 is 1.91 bits per heavy atom. The number of carbonyl (C=O) groups is 1. The summed E-state index contributed by atoms with van der Waals surface area (Å²) in [7, 11) is 1.29. The number of pyridine rings is 1. The van der Waals surface area contributed by atoms with E-state index in [2.05, 4.69) is 4.98 Å². The van der Waals surface area contributed by atoms with Gasteiger partial charge in [-0.1, -0.05) is 42.5 Å². The SMILES string of the molecule is COC(=O)c1c(-c2ccccc2)c(=S)[nH]c2ccc(F)cc12. The number of nitrogens with one attached hydrogen (secondary N) is 1. The molecule has 5 heteroatoms. The fourth-order valence-electron chi connectivity index (χ4n) is 2.46. The molecule has 3 rings (SSSR count). The van der Waals surface area contributed by atoms with Crippen LogP contribution in [0.15, 0.2) is 48.5 Å². The van der Waals surface area contributed by atoms with Crippen molar-refractivity contribution in [3.05, 3.63) is 64.6 Å². The van der Waals surface area contributed by atoms with Crippen LogP contribution in [-0.4, -0.2) is 18.1 Å². The van der Waals surface area contributed by atoms with E-state index in [4.69, 9.17) is 17.0 Å². The number of carbonyl (C=O) groups excluding carboxylic acids is 1. The Bertz CT molecular complexity index is 919. The van der Waals surface area contributed by atoms with Gasteiger partial charge in [-0.3, -0.25) is 0 Å². The van der Waals surface area contributed by atoms with Crippen LogP contribution in [0.25, 0.3) is 22.0 Å². The molecule has 110 valence electrons. The second-order valence-corrected chi connectivity index (χ2v) is 5.16. The Morgan fingerprint density at radius 1 is 1.18 bits per heavy atom. The molecule has 0 unspecified atom stereocenters. The van der Waals surface area contributed by atoms with Crippen molar-refractivity contribution in [2.75, 3.05) is 7.11 Å². The average molecular weight is 313 g/mol. The molecule has 0 aliphatic carbocycles. The summed E-state index contributed by atoms with van der Waals surface area (Å²) >= 11 is 5.39. The summed E-state index contributed by atoms with van der Waals surface area (Å²) in [6.45, 7) is 0. The van der Waals surface area contributed by atoms with Gasteiger partial charge in [-0.15, -0.1) is 0 Å².